The molecular formula is C11H9F2N. The summed E-state index contributed by atoms with van der Waals surface area (Å²) in [5.41, 5.74) is 1.80. The Labute approximate surface area is 80.4 Å². The van der Waals surface area contributed by atoms with Crippen LogP contribution in [0.1, 0.15) is 11.3 Å². The van der Waals surface area contributed by atoms with Gasteiger partial charge >= 0.3 is 0 Å². The van der Waals surface area contributed by atoms with Crippen LogP contribution >= 0.6 is 0 Å². The van der Waals surface area contributed by atoms with Crippen LogP contribution in [-0.4, -0.2) is 4.98 Å². The zero-order chi connectivity index (χ0) is 10.3. The average Bonchev–Trinajstić information content (AvgIpc) is 2.15. The van der Waals surface area contributed by atoms with E-state index in [-0.39, 0.29) is 5.52 Å². The van der Waals surface area contributed by atoms with E-state index in [0.29, 0.717) is 5.39 Å². The standard InChI is InChI=1S/C11H9F2N/c1-6-5-8-3-4-9(12)10(13)11(8)14-7(6)2/h3-5H,1-2H3. The number of hydrogen-bond donors (Lipinski definition) is 0. The summed E-state index contributed by atoms with van der Waals surface area (Å²) in [6.07, 6.45) is 0. The van der Waals surface area contributed by atoms with Crippen LogP contribution in [0.3, 0.4) is 0 Å². The van der Waals surface area contributed by atoms with E-state index in [2.05, 4.69) is 4.98 Å². The second-order valence-corrected chi connectivity index (χ2v) is 3.32. The molecule has 72 valence electrons. The highest BCUT2D eigenvalue weighted by Gasteiger charge is 2.09. The Kier molecular flexibility index (Phi) is 1.95. The number of aromatic nitrogens is 1. The molecule has 0 aliphatic carbocycles. The van der Waals surface area contributed by atoms with Gasteiger partial charge in [-0.15, -0.1) is 0 Å². The van der Waals surface area contributed by atoms with Gasteiger partial charge in [0.05, 0.1) is 0 Å². The van der Waals surface area contributed by atoms with E-state index in [1.54, 1.807) is 13.0 Å². The lowest BCUT2D eigenvalue weighted by Gasteiger charge is -2.03. The number of aryl methyl sites for hydroxylation is 2. The van der Waals surface area contributed by atoms with Crippen molar-refractivity contribution in [2.45, 2.75) is 13.8 Å². The number of pyridine rings is 1. The summed E-state index contributed by atoms with van der Waals surface area (Å²) in [4.78, 5) is 4.02. The van der Waals surface area contributed by atoms with Crippen LogP contribution in [0.5, 0.6) is 0 Å². The Bertz CT molecular complexity index is 506. The van der Waals surface area contributed by atoms with Crippen molar-refractivity contribution in [3.63, 3.8) is 0 Å². The van der Waals surface area contributed by atoms with Crippen molar-refractivity contribution in [1.29, 1.82) is 0 Å². The number of rotatable bonds is 0. The molecule has 0 spiro atoms. The predicted molar refractivity (Wildman–Crippen MR) is 51.1 cm³/mol. The first kappa shape index (κ1) is 9.06. The second-order valence-electron chi connectivity index (χ2n) is 3.32. The number of halogens is 2. The van der Waals surface area contributed by atoms with Crippen molar-refractivity contribution in [3.8, 4) is 0 Å². The zero-order valence-corrected chi connectivity index (χ0v) is 7.94. The Hall–Kier alpha value is -1.51. The highest BCUT2D eigenvalue weighted by atomic mass is 19.2. The predicted octanol–water partition coefficient (Wildman–Crippen LogP) is 3.13. The van der Waals surface area contributed by atoms with Crippen LogP contribution in [-0.2, 0) is 0 Å². The number of benzene rings is 1. The molecule has 0 bridgehead atoms. The normalized spacial score (nSPS) is 10.9. The maximum absolute atomic E-state index is 13.3. The van der Waals surface area contributed by atoms with Crippen molar-refractivity contribution in [2.24, 2.45) is 0 Å². The lowest BCUT2D eigenvalue weighted by molar-refractivity contribution is 0.515. The van der Waals surface area contributed by atoms with Crippen LogP contribution in [0.2, 0.25) is 0 Å². The minimum absolute atomic E-state index is 0.105. The largest absolute Gasteiger partial charge is 0.250 e. The third kappa shape index (κ3) is 1.25. The minimum atomic E-state index is -0.870. The van der Waals surface area contributed by atoms with E-state index in [4.69, 9.17) is 0 Å². The van der Waals surface area contributed by atoms with E-state index < -0.39 is 11.6 Å². The first-order chi connectivity index (χ1) is 6.59. The van der Waals surface area contributed by atoms with Gasteiger partial charge in [-0.25, -0.2) is 13.8 Å². The lowest BCUT2D eigenvalue weighted by Crippen LogP contribution is -1.93. The van der Waals surface area contributed by atoms with Gasteiger partial charge in [-0.2, -0.15) is 0 Å². The molecule has 14 heavy (non-hydrogen) atoms. The summed E-state index contributed by atoms with van der Waals surface area (Å²) in [5, 5.41) is 0.631. The van der Waals surface area contributed by atoms with E-state index in [9.17, 15) is 8.78 Å². The molecule has 0 fully saturated rings. The molecule has 2 aromatic rings. The van der Waals surface area contributed by atoms with Crippen molar-refractivity contribution >= 4 is 10.9 Å². The van der Waals surface area contributed by atoms with Gasteiger partial charge in [0.15, 0.2) is 11.6 Å². The van der Waals surface area contributed by atoms with Gasteiger partial charge < -0.3 is 0 Å². The molecule has 3 heteroatoms. The van der Waals surface area contributed by atoms with Crippen molar-refractivity contribution in [2.75, 3.05) is 0 Å². The zero-order valence-electron chi connectivity index (χ0n) is 7.94. The van der Waals surface area contributed by atoms with Crippen LogP contribution in [0.15, 0.2) is 18.2 Å². The fourth-order valence-corrected chi connectivity index (χ4v) is 1.38. The molecule has 0 N–H and O–H groups in total. The Balaban J connectivity index is 2.89. The fourth-order valence-electron chi connectivity index (χ4n) is 1.38. The molecular weight excluding hydrogens is 184 g/mol. The molecule has 1 aromatic carbocycles. The van der Waals surface area contributed by atoms with E-state index in [1.807, 2.05) is 6.92 Å². The Morgan fingerprint density at radius 2 is 1.86 bits per heavy atom. The van der Waals surface area contributed by atoms with Gasteiger partial charge in [0.25, 0.3) is 0 Å². The molecule has 0 saturated heterocycles. The highest BCUT2D eigenvalue weighted by molar-refractivity contribution is 5.80. The van der Waals surface area contributed by atoms with E-state index in [0.717, 1.165) is 17.3 Å². The van der Waals surface area contributed by atoms with E-state index >= 15 is 0 Å². The molecule has 2 rings (SSSR count). The summed E-state index contributed by atoms with van der Waals surface area (Å²) < 4.78 is 26.1. The maximum atomic E-state index is 13.3. The second kappa shape index (κ2) is 3.01. The molecule has 0 saturated carbocycles. The summed E-state index contributed by atoms with van der Waals surface area (Å²) in [7, 11) is 0. The molecule has 0 amide bonds. The molecule has 1 nitrogen and oxygen atoms in total. The molecule has 1 aromatic heterocycles. The van der Waals surface area contributed by atoms with Gasteiger partial charge in [-0.05, 0) is 37.6 Å². The summed E-state index contributed by atoms with van der Waals surface area (Å²) in [6.45, 7) is 3.67. The molecule has 0 unspecified atom stereocenters. The SMILES string of the molecule is Cc1cc2ccc(F)c(F)c2nc1C. The van der Waals surface area contributed by atoms with Crippen LogP contribution in [0.25, 0.3) is 10.9 Å². The highest BCUT2D eigenvalue weighted by Crippen LogP contribution is 2.20. The van der Waals surface area contributed by atoms with Crippen LogP contribution in [0, 0.1) is 25.5 Å². The molecule has 1 heterocycles. The number of nitrogens with zero attached hydrogens (tertiary/aromatic N) is 1. The minimum Gasteiger partial charge on any atom is -0.250 e. The van der Waals surface area contributed by atoms with Gasteiger partial charge in [-0.3, -0.25) is 0 Å². The quantitative estimate of drug-likeness (QED) is 0.626. The topological polar surface area (TPSA) is 12.9 Å². The third-order valence-corrected chi connectivity index (χ3v) is 2.32. The Morgan fingerprint density at radius 3 is 2.57 bits per heavy atom. The van der Waals surface area contributed by atoms with Gasteiger partial charge in [0.2, 0.25) is 0 Å². The summed E-state index contributed by atoms with van der Waals surface area (Å²) in [5.74, 6) is -1.72. The van der Waals surface area contributed by atoms with Crippen LogP contribution < -0.4 is 0 Å². The van der Waals surface area contributed by atoms with Crippen LogP contribution in [0.4, 0.5) is 8.78 Å². The van der Waals surface area contributed by atoms with Crippen molar-refractivity contribution < 1.29 is 8.78 Å². The van der Waals surface area contributed by atoms with Gasteiger partial charge in [0.1, 0.15) is 5.52 Å². The average molecular weight is 193 g/mol. The smallest absolute Gasteiger partial charge is 0.184 e. The molecule has 0 radical (unpaired) electrons. The third-order valence-electron chi connectivity index (χ3n) is 2.32. The first-order valence-electron chi connectivity index (χ1n) is 4.31. The summed E-state index contributed by atoms with van der Waals surface area (Å²) >= 11 is 0. The Morgan fingerprint density at radius 1 is 1.14 bits per heavy atom. The monoisotopic (exact) mass is 193 g/mol. The fraction of sp³-hybridized carbons (Fsp3) is 0.182. The first-order valence-corrected chi connectivity index (χ1v) is 4.31. The molecule has 0 atom stereocenters. The van der Waals surface area contributed by atoms with Crippen molar-refractivity contribution in [1.82, 2.24) is 4.98 Å². The lowest BCUT2D eigenvalue weighted by atomic mass is 10.1. The summed E-state index contributed by atoms with van der Waals surface area (Å²) in [6, 6.07) is 4.46. The molecule has 0 aliphatic rings. The molecule has 0 aliphatic heterocycles. The maximum Gasteiger partial charge on any atom is 0.184 e. The number of hydrogen-bond acceptors (Lipinski definition) is 1. The van der Waals surface area contributed by atoms with E-state index in [1.165, 1.54) is 6.07 Å². The van der Waals surface area contributed by atoms with Gasteiger partial charge in [0, 0.05) is 11.1 Å². The van der Waals surface area contributed by atoms with Gasteiger partial charge in [-0.1, -0.05) is 0 Å². The van der Waals surface area contributed by atoms with Crippen molar-refractivity contribution in [3.05, 3.63) is 41.1 Å². The number of fused-ring (bicyclic) bond motifs is 1.